The number of nitrogens with two attached hydrogens (primary N) is 2. The molecule has 4 aliphatic heterocycles. The van der Waals surface area contributed by atoms with Crippen LogP contribution in [-0.2, 0) is 9.59 Å². The van der Waals surface area contributed by atoms with Gasteiger partial charge >= 0.3 is 0 Å². The van der Waals surface area contributed by atoms with E-state index in [1.54, 1.807) is 6.21 Å². The van der Waals surface area contributed by atoms with Gasteiger partial charge in [0.2, 0.25) is 11.8 Å². The molecule has 0 aromatic carbocycles. The van der Waals surface area contributed by atoms with Crippen LogP contribution in [0, 0.1) is 11.3 Å². The van der Waals surface area contributed by atoms with Crippen molar-refractivity contribution in [3.05, 3.63) is 0 Å². The van der Waals surface area contributed by atoms with Crippen LogP contribution in [-0.4, -0.2) is 139 Å². The molecule has 12 heteroatoms. The Kier molecular flexibility index (Phi) is 13.2. The first kappa shape index (κ1) is 36.1. The second-order valence-electron chi connectivity index (χ2n) is 14.1. The summed E-state index contributed by atoms with van der Waals surface area (Å²) in [5.74, 6) is -0.937. The molecule has 4 aliphatic rings. The summed E-state index contributed by atoms with van der Waals surface area (Å²) in [5, 5.41) is 6.31. The lowest BCUT2D eigenvalue weighted by Gasteiger charge is -2.46. The van der Waals surface area contributed by atoms with E-state index in [4.69, 9.17) is 11.5 Å². The van der Waals surface area contributed by atoms with Crippen molar-refractivity contribution in [3.8, 4) is 0 Å². The highest BCUT2D eigenvalue weighted by Gasteiger charge is 2.47. The largest absolute Gasteiger partial charge is 0.350 e. The maximum atomic E-state index is 15.7. The summed E-state index contributed by atoms with van der Waals surface area (Å²) in [4.78, 5) is 33.8. The third kappa shape index (κ3) is 8.60. The Bertz CT molecular complexity index is 1010. The van der Waals surface area contributed by atoms with Gasteiger partial charge in [0, 0.05) is 45.7 Å². The van der Waals surface area contributed by atoms with Crippen LogP contribution < -0.4 is 22.1 Å². The van der Waals surface area contributed by atoms with E-state index in [0.29, 0.717) is 45.6 Å². The molecule has 10 nitrogen and oxygen atoms in total. The number of alkyl halides is 2. The number of nitrogens with one attached hydrogen (secondary N) is 2. The number of hydrogen-bond acceptors (Lipinski definition) is 7. The first-order valence-electron chi connectivity index (χ1n) is 17.7. The number of piperidine rings is 1. The van der Waals surface area contributed by atoms with Gasteiger partial charge in [-0.1, -0.05) is 33.6 Å². The van der Waals surface area contributed by atoms with Crippen molar-refractivity contribution in [2.45, 2.75) is 121 Å². The lowest BCUT2D eigenvalue weighted by Crippen LogP contribution is -2.69. The Morgan fingerprint density at radius 1 is 1.07 bits per heavy atom. The van der Waals surface area contributed by atoms with Gasteiger partial charge in [-0.3, -0.25) is 19.4 Å². The molecule has 3 saturated heterocycles. The smallest absolute Gasteiger partial charge is 0.240 e. The first-order chi connectivity index (χ1) is 21.5. The molecule has 0 saturated carbocycles. The van der Waals surface area contributed by atoms with Crippen LogP contribution in [0.2, 0.25) is 0 Å². The molecule has 0 aromatic rings. The van der Waals surface area contributed by atoms with Crippen LogP contribution in [0.4, 0.5) is 8.78 Å². The van der Waals surface area contributed by atoms with E-state index in [-0.39, 0.29) is 29.8 Å². The second-order valence-corrected chi connectivity index (χ2v) is 14.1. The van der Waals surface area contributed by atoms with E-state index in [2.05, 4.69) is 41.2 Å². The van der Waals surface area contributed by atoms with E-state index < -0.39 is 42.6 Å². The molecule has 8 atom stereocenters. The number of hydrogen-bond donors (Lipinski definition) is 4. The molecule has 0 aromatic heterocycles. The molecule has 0 spiro atoms. The number of halogens is 2. The van der Waals surface area contributed by atoms with Gasteiger partial charge in [-0.05, 0) is 57.0 Å². The molecule has 0 bridgehead atoms. The highest BCUT2D eigenvalue weighted by Crippen LogP contribution is 2.41. The highest BCUT2D eigenvalue weighted by molar-refractivity contribution is 5.82. The summed E-state index contributed by atoms with van der Waals surface area (Å²) in [6, 6.07) is -1.48. The Morgan fingerprint density at radius 3 is 2.44 bits per heavy atom. The molecule has 0 radical (unpaired) electrons. The van der Waals surface area contributed by atoms with E-state index in [1.165, 1.54) is 0 Å². The summed E-state index contributed by atoms with van der Waals surface area (Å²) in [7, 11) is 1.83. The van der Waals surface area contributed by atoms with Gasteiger partial charge in [0.15, 0.2) is 18.4 Å². The summed E-state index contributed by atoms with van der Waals surface area (Å²) < 4.78 is 32.5. The van der Waals surface area contributed by atoms with Crippen molar-refractivity contribution in [2.24, 2.45) is 22.8 Å². The zero-order chi connectivity index (χ0) is 32.7. The summed E-state index contributed by atoms with van der Waals surface area (Å²) in [6.07, 6.45) is 6.01. The van der Waals surface area contributed by atoms with E-state index in [1.807, 2.05) is 16.5 Å². The van der Waals surface area contributed by atoms with Crippen LogP contribution in [0.3, 0.4) is 0 Å². The Balaban J connectivity index is 1.49. The van der Waals surface area contributed by atoms with Gasteiger partial charge in [0.05, 0.1) is 24.3 Å². The van der Waals surface area contributed by atoms with Crippen molar-refractivity contribution in [2.75, 3.05) is 59.4 Å². The molecular weight excluding hydrogens is 578 g/mol. The molecule has 2 amide bonds. The predicted molar refractivity (Wildman–Crippen MR) is 175 cm³/mol. The minimum absolute atomic E-state index is 0.0400. The van der Waals surface area contributed by atoms with Gasteiger partial charge in [0.25, 0.3) is 0 Å². The standard InChI is InChI=1S/C33H60F2N8O2/c1-5-12-33(6-2)13-8-10-23(34)22-40(4)27(19-33)28(30(36)37)31(44)39-25-21-38-20-24(35)29(25)42-15-17-43(18-16-42)32(45)26-11-9-14-41(26)7-3/h22-30,38H,5-21,36-37H2,1-4H3/p+1. The van der Waals surface area contributed by atoms with Crippen molar-refractivity contribution in [1.82, 2.24) is 25.3 Å². The SMILES string of the molecule is CCCC1(CC)CCCC(F)C=[N+](C)C(C(C(=O)NC2CNCC(F)C2N2CCN(C(=O)C3CCCN3CC)CC2)C(N)N)C1. The number of piperazine rings is 1. The molecule has 4 heterocycles. The van der Waals surface area contributed by atoms with Gasteiger partial charge < -0.3 is 27.0 Å². The normalized spacial score (nSPS) is 35.0. The molecular formula is C33H61F2N8O2+. The summed E-state index contributed by atoms with van der Waals surface area (Å²) in [6.45, 7) is 11.1. The lowest BCUT2D eigenvalue weighted by molar-refractivity contribution is -0.546. The Morgan fingerprint density at radius 2 is 1.80 bits per heavy atom. The fourth-order valence-electron chi connectivity index (χ4n) is 8.75. The monoisotopic (exact) mass is 639 g/mol. The Hall–Kier alpha value is -1.73. The molecule has 4 rings (SSSR count). The van der Waals surface area contributed by atoms with Crippen molar-refractivity contribution in [3.63, 3.8) is 0 Å². The predicted octanol–water partition coefficient (Wildman–Crippen LogP) is 1.46. The average molecular weight is 640 g/mol. The van der Waals surface area contributed by atoms with Gasteiger partial charge in [0.1, 0.15) is 19.1 Å². The third-order valence-corrected chi connectivity index (χ3v) is 11.3. The van der Waals surface area contributed by atoms with Crippen LogP contribution >= 0.6 is 0 Å². The van der Waals surface area contributed by atoms with Crippen molar-refractivity contribution < 1.29 is 22.9 Å². The fraction of sp³-hybridized carbons (Fsp3) is 0.909. The number of carbonyl (C=O) groups excluding carboxylic acids is 2. The lowest BCUT2D eigenvalue weighted by atomic mass is 9.70. The van der Waals surface area contributed by atoms with E-state index in [9.17, 15) is 14.0 Å². The van der Waals surface area contributed by atoms with Crippen LogP contribution in [0.1, 0.15) is 78.6 Å². The summed E-state index contributed by atoms with van der Waals surface area (Å²) in [5.41, 5.74) is 12.7. The van der Waals surface area contributed by atoms with E-state index in [0.717, 1.165) is 58.0 Å². The van der Waals surface area contributed by atoms with Crippen LogP contribution in [0.5, 0.6) is 0 Å². The average Bonchev–Trinajstić information content (AvgIpc) is 3.50. The van der Waals surface area contributed by atoms with Crippen LogP contribution in [0.25, 0.3) is 0 Å². The van der Waals surface area contributed by atoms with Crippen molar-refractivity contribution >= 4 is 18.0 Å². The number of rotatable bonds is 10. The van der Waals surface area contributed by atoms with Gasteiger partial charge in [-0.2, -0.15) is 0 Å². The number of amides is 2. The number of likely N-dealkylation sites (N-methyl/N-ethyl adjacent to an activating group) is 1. The first-order valence-corrected chi connectivity index (χ1v) is 17.7. The fourth-order valence-corrected chi connectivity index (χ4v) is 8.75. The maximum Gasteiger partial charge on any atom is 0.240 e. The second kappa shape index (κ2) is 16.4. The molecule has 45 heavy (non-hydrogen) atoms. The molecule has 6 N–H and O–H groups in total. The minimum atomic E-state index is -1.19. The molecule has 258 valence electrons. The van der Waals surface area contributed by atoms with Gasteiger partial charge in [-0.25, -0.2) is 13.4 Å². The van der Waals surface area contributed by atoms with Crippen LogP contribution in [0.15, 0.2) is 0 Å². The zero-order valence-corrected chi connectivity index (χ0v) is 28.2. The summed E-state index contributed by atoms with van der Waals surface area (Å²) >= 11 is 0. The number of nitrogens with zero attached hydrogens (tertiary/aromatic N) is 4. The molecule has 8 unspecified atom stereocenters. The zero-order valence-electron chi connectivity index (χ0n) is 28.2. The van der Waals surface area contributed by atoms with Crippen molar-refractivity contribution in [1.29, 1.82) is 0 Å². The quantitative estimate of drug-likeness (QED) is 0.211. The molecule has 3 fully saturated rings. The minimum Gasteiger partial charge on any atom is -0.350 e. The number of carbonyl (C=O) groups is 2. The van der Waals surface area contributed by atoms with Gasteiger partial charge in [-0.15, -0.1) is 0 Å². The molecule has 0 aliphatic carbocycles. The van der Waals surface area contributed by atoms with E-state index >= 15 is 4.39 Å². The topological polar surface area (TPSA) is 123 Å². The third-order valence-electron chi connectivity index (χ3n) is 11.3. The Labute approximate surface area is 269 Å². The maximum absolute atomic E-state index is 15.7. The highest BCUT2D eigenvalue weighted by atomic mass is 19.1. The number of likely N-dealkylation sites (tertiary alicyclic amines) is 1.